The number of anilines is 2. The molecular weight excluding hydrogens is 450 g/mol. The van der Waals surface area contributed by atoms with Crippen LogP contribution in [0.2, 0.25) is 0 Å². The van der Waals surface area contributed by atoms with Crippen molar-refractivity contribution in [1.82, 2.24) is 34.3 Å². The second kappa shape index (κ2) is 8.94. The van der Waals surface area contributed by atoms with Crippen LogP contribution in [0, 0.1) is 11.6 Å². The van der Waals surface area contributed by atoms with Gasteiger partial charge >= 0.3 is 0 Å². The second-order valence-corrected chi connectivity index (χ2v) is 9.26. The van der Waals surface area contributed by atoms with Gasteiger partial charge in [-0.25, -0.2) is 28.7 Å². The molecule has 5 heterocycles. The summed E-state index contributed by atoms with van der Waals surface area (Å²) in [5, 5.41) is 3.03. The van der Waals surface area contributed by atoms with E-state index in [0.717, 1.165) is 69.7 Å². The molecule has 1 aromatic carbocycles. The lowest BCUT2D eigenvalue weighted by molar-refractivity contribution is 0.148. The Morgan fingerprint density at radius 3 is 2.60 bits per heavy atom. The average Bonchev–Trinajstić information content (AvgIpc) is 3.46. The van der Waals surface area contributed by atoms with E-state index in [1.165, 1.54) is 6.07 Å². The van der Waals surface area contributed by atoms with Crippen LogP contribution in [0.5, 0.6) is 0 Å². The van der Waals surface area contributed by atoms with Crippen molar-refractivity contribution in [3.63, 3.8) is 0 Å². The van der Waals surface area contributed by atoms with E-state index < -0.39 is 11.6 Å². The molecule has 0 atom stereocenters. The van der Waals surface area contributed by atoms with Crippen LogP contribution < -0.4 is 5.32 Å². The fraction of sp³-hybridized carbons (Fsp3) is 0.360. The molecule has 1 fully saturated rings. The summed E-state index contributed by atoms with van der Waals surface area (Å²) >= 11 is 0. The lowest BCUT2D eigenvalue weighted by Gasteiger charge is -2.32. The maximum atomic E-state index is 14.8. The van der Waals surface area contributed by atoms with Gasteiger partial charge in [0.2, 0.25) is 5.95 Å². The van der Waals surface area contributed by atoms with Crippen LogP contribution in [0.1, 0.15) is 17.8 Å². The second-order valence-electron chi connectivity index (χ2n) is 9.26. The third kappa shape index (κ3) is 4.35. The molecule has 4 aromatic rings. The molecule has 180 valence electrons. The molecule has 10 heteroatoms. The average molecular weight is 477 g/mol. The van der Waals surface area contributed by atoms with Gasteiger partial charge < -0.3 is 14.8 Å². The lowest BCUT2D eigenvalue weighted by Crippen LogP contribution is -2.43. The van der Waals surface area contributed by atoms with Gasteiger partial charge in [-0.15, -0.1) is 0 Å². The van der Waals surface area contributed by atoms with E-state index in [4.69, 9.17) is 0 Å². The molecule has 2 aliphatic rings. The van der Waals surface area contributed by atoms with Crippen molar-refractivity contribution in [2.24, 2.45) is 0 Å². The van der Waals surface area contributed by atoms with Gasteiger partial charge in [0.05, 0.1) is 11.7 Å². The predicted octanol–water partition coefficient (Wildman–Crippen LogP) is 3.60. The molecule has 0 saturated carbocycles. The number of aryl methyl sites for hydroxylation is 2. The summed E-state index contributed by atoms with van der Waals surface area (Å²) in [5.41, 5.74) is 2.49. The topological polar surface area (TPSA) is 75.0 Å². The Hall–Kier alpha value is -3.50. The molecule has 0 unspecified atom stereocenters. The van der Waals surface area contributed by atoms with Crippen molar-refractivity contribution in [2.75, 3.05) is 38.5 Å². The number of likely N-dealkylation sites (N-methyl/N-ethyl adjacent to an activating group) is 1. The Bertz CT molecular complexity index is 1380. The van der Waals surface area contributed by atoms with Crippen molar-refractivity contribution in [2.45, 2.75) is 25.9 Å². The maximum absolute atomic E-state index is 14.8. The Labute approximate surface area is 201 Å². The minimum absolute atomic E-state index is 0.0310. The van der Waals surface area contributed by atoms with Crippen LogP contribution in [-0.2, 0) is 19.5 Å². The summed E-state index contributed by atoms with van der Waals surface area (Å²) in [4.78, 5) is 22.0. The number of nitrogens with one attached hydrogen (secondary N) is 1. The molecule has 8 nitrogen and oxygen atoms in total. The minimum atomic E-state index is -0.619. The largest absolute Gasteiger partial charge is 0.328 e. The zero-order valence-electron chi connectivity index (χ0n) is 19.5. The normalized spacial score (nSPS) is 16.7. The highest BCUT2D eigenvalue weighted by atomic mass is 19.1. The van der Waals surface area contributed by atoms with Gasteiger partial charge in [0, 0.05) is 57.4 Å². The van der Waals surface area contributed by atoms with Crippen LogP contribution in [0.25, 0.3) is 22.3 Å². The Kier molecular flexibility index (Phi) is 5.62. The smallest absolute Gasteiger partial charge is 0.229 e. The molecule has 2 aliphatic heterocycles. The molecule has 0 radical (unpaired) electrons. The van der Waals surface area contributed by atoms with Crippen molar-refractivity contribution in [3.8, 4) is 11.3 Å². The van der Waals surface area contributed by atoms with Crippen LogP contribution in [0.4, 0.5) is 20.5 Å². The van der Waals surface area contributed by atoms with Crippen LogP contribution >= 0.6 is 0 Å². The monoisotopic (exact) mass is 476 g/mol. The number of pyridine rings is 1. The molecule has 0 amide bonds. The molecular formula is C25H26F2N8. The quantitative estimate of drug-likeness (QED) is 0.472. The Balaban J connectivity index is 1.22. The molecule has 6 rings (SSSR count). The number of nitrogens with zero attached hydrogens (tertiary/aromatic N) is 7. The van der Waals surface area contributed by atoms with Crippen LogP contribution in [0.15, 0.2) is 36.7 Å². The summed E-state index contributed by atoms with van der Waals surface area (Å²) in [6.07, 6.45) is 4.71. The van der Waals surface area contributed by atoms with Crippen molar-refractivity contribution >= 4 is 22.8 Å². The zero-order chi connectivity index (χ0) is 23.9. The number of imidazole rings is 1. The minimum Gasteiger partial charge on any atom is -0.328 e. The van der Waals surface area contributed by atoms with Gasteiger partial charge in [-0.2, -0.15) is 0 Å². The molecule has 3 aromatic heterocycles. The van der Waals surface area contributed by atoms with Gasteiger partial charge in [-0.1, -0.05) is 6.07 Å². The number of benzene rings is 1. The predicted molar refractivity (Wildman–Crippen MR) is 129 cm³/mol. The van der Waals surface area contributed by atoms with Gasteiger partial charge in [0.25, 0.3) is 0 Å². The summed E-state index contributed by atoms with van der Waals surface area (Å²) in [6, 6.07) is 6.91. The maximum Gasteiger partial charge on any atom is 0.229 e. The van der Waals surface area contributed by atoms with E-state index in [-0.39, 0.29) is 11.6 Å². The van der Waals surface area contributed by atoms with Crippen LogP contribution in [0.3, 0.4) is 0 Å². The van der Waals surface area contributed by atoms with Gasteiger partial charge in [0.1, 0.15) is 22.9 Å². The molecule has 0 spiro atoms. The zero-order valence-corrected chi connectivity index (χ0v) is 19.5. The van der Waals surface area contributed by atoms with E-state index >= 15 is 0 Å². The van der Waals surface area contributed by atoms with E-state index in [1.807, 2.05) is 22.9 Å². The first-order valence-corrected chi connectivity index (χ1v) is 11.9. The number of hydrogen-bond acceptors (Lipinski definition) is 7. The molecule has 35 heavy (non-hydrogen) atoms. The van der Waals surface area contributed by atoms with Crippen molar-refractivity contribution < 1.29 is 8.78 Å². The fourth-order valence-corrected chi connectivity index (χ4v) is 4.80. The van der Waals surface area contributed by atoms with E-state index in [0.29, 0.717) is 22.4 Å². The van der Waals surface area contributed by atoms with E-state index in [9.17, 15) is 8.78 Å². The first kappa shape index (κ1) is 22.0. The molecule has 1 N–H and O–H groups in total. The third-order valence-corrected chi connectivity index (χ3v) is 6.75. The standard InChI is InChI=1S/C25H26F2N8/c1-33-7-9-34(10-8-33)15-16-4-5-21(28-13-16)30-25-29-14-19(27)23(32-25)17-11-18(26)24-20(12-17)35-6-2-3-22(35)31-24/h4-5,11-14H,2-3,6-10,15H2,1H3,(H,28,29,30,32). The highest BCUT2D eigenvalue weighted by Gasteiger charge is 2.21. The van der Waals surface area contributed by atoms with E-state index in [2.05, 4.69) is 42.1 Å². The van der Waals surface area contributed by atoms with Gasteiger partial charge in [-0.05, 0) is 37.2 Å². The van der Waals surface area contributed by atoms with Gasteiger partial charge in [0.15, 0.2) is 11.6 Å². The number of aromatic nitrogens is 5. The SMILES string of the molecule is CN1CCN(Cc2ccc(Nc3ncc(F)c(-c4cc(F)c5nc6n(c5c4)CCC6)n3)nc2)CC1. The fourth-order valence-electron chi connectivity index (χ4n) is 4.80. The van der Waals surface area contributed by atoms with Crippen molar-refractivity contribution in [1.29, 1.82) is 0 Å². The molecule has 0 aliphatic carbocycles. The molecule has 1 saturated heterocycles. The lowest BCUT2D eigenvalue weighted by atomic mass is 10.1. The van der Waals surface area contributed by atoms with Crippen LogP contribution in [-0.4, -0.2) is 67.5 Å². The first-order chi connectivity index (χ1) is 17.0. The third-order valence-electron chi connectivity index (χ3n) is 6.75. The number of fused-ring (bicyclic) bond motifs is 3. The Morgan fingerprint density at radius 1 is 0.943 bits per heavy atom. The van der Waals surface area contributed by atoms with Gasteiger partial charge in [-0.3, -0.25) is 4.90 Å². The number of piperazine rings is 1. The summed E-state index contributed by atoms with van der Waals surface area (Å²) < 4.78 is 31.5. The number of rotatable bonds is 5. The summed E-state index contributed by atoms with van der Waals surface area (Å²) in [6.45, 7) is 5.85. The Morgan fingerprint density at radius 2 is 1.80 bits per heavy atom. The number of hydrogen-bond donors (Lipinski definition) is 1. The summed E-state index contributed by atoms with van der Waals surface area (Å²) in [7, 11) is 2.14. The number of halogens is 2. The van der Waals surface area contributed by atoms with E-state index in [1.54, 1.807) is 6.07 Å². The molecule has 0 bridgehead atoms. The highest BCUT2D eigenvalue weighted by molar-refractivity contribution is 5.83. The first-order valence-electron chi connectivity index (χ1n) is 11.9. The van der Waals surface area contributed by atoms with Crippen molar-refractivity contribution in [3.05, 3.63) is 59.7 Å². The summed E-state index contributed by atoms with van der Waals surface area (Å²) in [5.74, 6) is 0.513. The highest BCUT2D eigenvalue weighted by Crippen LogP contribution is 2.31.